The quantitative estimate of drug-likeness (QED) is 0.597. The van der Waals surface area contributed by atoms with E-state index in [-0.39, 0.29) is 5.54 Å². The molecule has 2 nitrogen and oxygen atoms in total. The van der Waals surface area contributed by atoms with Crippen molar-refractivity contribution < 1.29 is 4.74 Å². The molecule has 1 aromatic carbocycles. The Balaban J connectivity index is 2.55. The largest absolute Gasteiger partial charge is 0.497 e. The van der Waals surface area contributed by atoms with Crippen molar-refractivity contribution in [2.24, 2.45) is 0 Å². The van der Waals surface area contributed by atoms with Gasteiger partial charge < -0.3 is 10.1 Å². The van der Waals surface area contributed by atoms with Crippen LogP contribution in [0.1, 0.15) is 39.7 Å². The first kappa shape index (κ1) is 17.3. The van der Waals surface area contributed by atoms with Crippen LogP contribution in [0.3, 0.4) is 0 Å². The summed E-state index contributed by atoms with van der Waals surface area (Å²) in [5.74, 6) is 0.908. The van der Waals surface area contributed by atoms with E-state index >= 15 is 0 Å². The Morgan fingerprint density at radius 3 is 2.65 bits per heavy atom. The van der Waals surface area contributed by atoms with Gasteiger partial charge in [-0.1, -0.05) is 27.6 Å². The summed E-state index contributed by atoms with van der Waals surface area (Å²) in [5.41, 5.74) is 2.84. The molecule has 1 rings (SSSR count). The minimum absolute atomic E-state index is 0.192. The number of ether oxygens (including phenoxy) is 1. The highest BCUT2D eigenvalue weighted by Crippen LogP contribution is 2.24. The Kier molecular flexibility index (Phi) is 6.77. The predicted molar refractivity (Wildman–Crippen MR) is 90.5 cm³/mol. The van der Waals surface area contributed by atoms with E-state index in [9.17, 15) is 0 Å². The molecule has 0 aliphatic carbocycles. The second-order valence-corrected chi connectivity index (χ2v) is 7.00. The Morgan fingerprint density at radius 1 is 1.35 bits per heavy atom. The highest BCUT2D eigenvalue weighted by Gasteiger charge is 2.07. The molecule has 0 aliphatic rings. The van der Waals surface area contributed by atoms with Crippen LogP contribution >= 0.6 is 15.9 Å². The molecule has 0 saturated carbocycles. The van der Waals surface area contributed by atoms with Crippen LogP contribution in [0.15, 0.2) is 34.3 Å². The Labute approximate surface area is 131 Å². The van der Waals surface area contributed by atoms with Crippen molar-refractivity contribution in [3.63, 3.8) is 0 Å². The van der Waals surface area contributed by atoms with Gasteiger partial charge in [0, 0.05) is 10.0 Å². The fourth-order valence-corrected chi connectivity index (χ4v) is 2.34. The van der Waals surface area contributed by atoms with Gasteiger partial charge in [0.15, 0.2) is 0 Å². The second kappa shape index (κ2) is 7.84. The number of hydrogen-bond donors (Lipinski definition) is 1. The summed E-state index contributed by atoms with van der Waals surface area (Å²) in [6.07, 6.45) is 4.32. The van der Waals surface area contributed by atoms with Crippen LogP contribution in [-0.4, -0.2) is 19.2 Å². The van der Waals surface area contributed by atoms with Gasteiger partial charge in [0.1, 0.15) is 5.75 Å². The van der Waals surface area contributed by atoms with E-state index in [0.717, 1.165) is 29.6 Å². The third-order valence-corrected chi connectivity index (χ3v) is 3.79. The van der Waals surface area contributed by atoms with Gasteiger partial charge in [-0.3, -0.25) is 0 Å². The smallest absolute Gasteiger partial charge is 0.119 e. The molecule has 0 amide bonds. The fourth-order valence-electron chi connectivity index (χ4n) is 1.95. The molecule has 1 N–H and O–H groups in total. The monoisotopic (exact) mass is 339 g/mol. The van der Waals surface area contributed by atoms with Gasteiger partial charge in [-0.15, -0.1) is 0 Å². The minimum Gasteiger partial charge on any atom is -0.497 e. The predicted octanol–water partition coefficient (Wildman–Crippen LogP) is 4.72. The standard InChI is InChI=1S/C17H26BrNO/c1-13(7-6-10-19-17(2,3)4)11-14-12-15(20-5)8-9-16(14)18/h7-9,12,19H,6,10-11H2,1-5H3. The highest BCUT2D eigenvalue weighted by molar-refractivity contribution is 9.10. The van der Waals surface area contributed by atoms with Crippen molar-refractivity contribution >= 4 is 15.9 Å². The number of nitrogens with one attached hydrogen (secondary N) is 1. The maximum Gasteiger partial charge on any atom is 0.119 e. The minimum atomic E-state index is 0.192. The average Bonchev–Trinajstić information content (AvgIpc) is 2.36. The lowest BCUT2D eigenvalue weighted by atomic mass is 10.0. The fraction of sp³-hybridized carbons (Fsp3) is 0.529. The zero-order valence-corrected chi connectivity index (χ0v) is 14.8. The van der Waals surface area contributed by atoms with E-state index in [0.29, 0.717) is 0 Å². The molecular weight excluding hydrogens is 314 g/mol. The van der Waals surface area contributed by atoms with Crippen molar-refractivity contribution in [2.45, 2.75) is 46.1 Å². The summed E-state index contributed by atoms with van der Waals surface area (Å²) < 4.78 is 6.41. The second-order valence-electron chi connectivity index (χ2n) is 6.15. The van der Waals surface area contributed by atoms with E-state index in [1.807, 2.05) is 12.1 Å². The third kappa shape index (κ3) is 6.58. The first-order valence-electron chi connectivity index (χ1n) is 7.05. The number of rotatable bonds is 6. The number of halogens is 1. The van der Waals surface area contributed by atoms with E-state index in [1.165, 1.54) is 11.1 Å². The summed E-state index contributed by atoms with van der Waals surface area (Å²) in [7, 11) is 1.70. The first-order chi connectivity index (χ1) is 9.31. The van der Waals surface area contributed by atoms with Crippen molar-refractivity contribution in [3.8, 4) is 5.75 Å². The van der Waals surface area contributed by atoms with Crippen LogP contribution in [0.2, 0.25) is 0 Å². The van der Waals surface area contributed by atoms with E-state index in [2.05, 4.69) is 61.1 Å². The molecule has 0 bridgehead atoms. The van der Waals surface area contributed by atoms with Gasteiger partial charge >= 0.3 is 0 Å². The van der Waals surface area contributed by atoms with E-state index in [1.54, 1.807) is 7.11 Å². The molecule has 1 aromatic rings. The molecule has 0 unspecified atom stereocenters. The van der Waals surface area contributed by atoms with Gasteiger partial charge in [-0.2, -0.15) is 0 Å². The Morgan fingerprint density at radius 2 is 2.05 bits per heavy atom. The number of benzene rings is 1. The SMILES string of the molecule is COc1ccc(Br)c(CC(C)=CCCNC(C)(C)C)c1. The van der Waals surface area contributed by atoms with Gasteiger partial charge in [0.25, 0.3) is 0 Å². The lowest BCUT2D eigenvalue weighted by Gasteiger charge is -2.19. The zero-order valence-electron chi connectivity index (χ0n) is 13.2. The lowest BCUT2D eigenvalue weighted by molar-refractivity contribution is 0.414. The van der Waals surface area contributed by atoms with E-state index in [4.69, 9.17) is 4.74 Å². The molecule has 0 fully saturated rings. The molecule has 3 heteroatoms. The average molecular weight is 340 g/mol. The number of allylic oxidation sites excluding steroid dienone is 1. The third-order valence-electron chi connectivity index (χ3n) is 3.01. The van der Waals surface area contributed by atoms with Gasteiger partial charge in [-0.05, 0) is 70.8 Å². The van der Waals surface area contributed by atoms with Crippen LogP contribution in [-0.2, 0) is 6.42 Å². The Bertz CT molecular complexity index is 461. The van der Waals surface area contributed by atoms with Gasteiger partial charge in [0.2, 0.25) is 0 Å². The van der Waals surface area contributed by atoms with Crippen LogP contribution in [0.5, 0.6) is 5.75 Å². The summed E-state index contributed by atoms with van der Waals surface area (Å²) >= 11 is 3.60. The zero-order chi connectivity index (χ0) is 15.2. The molecule has 0 heterocycles. The maximum absolute atomic E-state index is 5.28. The summed E-state index contributed by atoms with van der Waals surface area (Å²) in [5, 5.41) is 3.50. The van der Waals surface area contributed by atoms with Gasteiger partial charge in [0.05, 0.1) is 7.11 Å². The highest BCUT2D eigenvalue weighted by atomic mass is 79.9. The van der Waals surface area contributed by atoms with Crippen molar-refractivity contribution in [2.75, 3.05) is 13.7 Å². The molecule has 0 aromatic heterocycles. The van der Waals surface area contributed by atoms with Gasteiger partial charge in [-0.25, -0.2) is 0 Å². The van der Waals surface area contributed by atoms with Crippen LogP contribution in [0.25, 0.3) is 0 Å². The number of hydrogen-bond acceptors (Lipinski definition) is 2. The lowest BCUT2D eigenvalue weighted by Crippen LogP contribution is -2.36. The first-order valence-corrected chi connectivity index (χ1v) is 7.84. The molecule has 0 saturated heterocycles. The van der Waals surface area contributed by atoms with Crippen LogP contribution < -0.4 is 10.1 Å². The van der Waals surface area contributed by atoms with Crippen LogP contribution in [0, 0.1) is 0 Å². The molecule has 20 heavy (non-hydrogen) atoms. The number of methoxy groups -OCH3 is 1. The molecule has 0 radical (unpaired) electrons. The van der Waals surface area contributed by atoms with Crippen LogP contribution in [0.4, 0.5) is 0 Å². The molecule has 0 aliphatic heterocycles. The Hall–Kier alpha value is -0.800. The summed E-state index contributed by atoms with van der Waals surface area (Å²) in [4.78, 5) is 0. The molecule has 112 valence electrons. The summed E-state index contributed by atoms with van der Waals surface area (Å²) in [6.45, 7) is 9.77. The normalized spacial score (nSPS) is 12.6. The van der Waals surface area contributed by atoms with E-state index < -0.39 is 0 Å². The molecule has 0 spiro atoms. The topological polar surface area (TPSA) is 21.3 Å². The molecule has 0 atom stereocenters. The summed E-state index contributed by atoms with van der Waals surface area (Å²) in [6, 6.07) is 6.11. The van der Waals surface area contributed by atoms with Crippen molar-refractivity contribution in [1.82, 2.24) is 5.32 Å². The van der Waals surface area contributed by atoms with Crippen molar-refractivity contribution in [1.29, 1.82) is 0 Å². The van der Waals surface area contributed by atoms with Crippen molar-refractivity contribution in [3.05, 3.63) is 39.9 Å². The molecular formula is C17H26BrNO. The maximum atomic E-state index is 5.28.